The highest BCUT2D eigenvalue weighted by Gasteiger charge is 2.29. The van der Waals surface area contributed by atoms with Crippen LogP contribution < -0.4 is 5.73 Å². The number of hydrogen-bond donors (Lipinski definition) is 1. The van der Waals surface area contributed by atoms with Gasteiger partial charge in [-0.3, -0.25) is 0 Å². The van der Waals surface area contributed by atoms with Gasteiger partial charge in [0.05, 0.1) is 0 Å². The molecule has 1 aliphatic rings. The van der Waals surface area contributed by atoms with Crippen molar-refractivity contribution in [2.24, 2.45) is 28.9 Å². The van der Waals surface area contributed by atoms with Crippen molar-refractivity contribution >= 4 is 0 Å². The molecule has 2 heteroatoms. The van der Waals surface area contributed by atoms with Gasteiger partial charge in [0.15, 0.2) is 0 Å². The first-order chi connectivity index (χ1) is 8.32. The van der Waals surface area contributed by atoms with Gasteiger partial charge in [-0.25, -0.2) is 0 Å². The average Bonchev–Trinajstić information content (AvgIpc) is 2.27. The maximum Gasteiger partial charge on any atom is 0.00218 e. The number of nitrogens with two attached hydrogens (primary N) is 1. The van der Waals surface area contributed by atoms with Gasteiger partial charge in [-0.05, 0) is 62.1 Å². The highest BCUT2D eigenvalue weighted by Crippen LogP contribution is 2.34. The van der Waals surface area contributed by atoms with Gasteiger partial charge in [-0.15, -0.1) is 0 Å². The molecule has 1 saturated heterocycles. The van der Waals surface area contributed by atoms with Gasteiger partial charge in [0.25, 0.3) is 0 Å². The van der Waals surface area contributed by atoms with Crippen LogP contribution in [0.15, 0.2) is 0 Å². The number of likely N-dealkylation sites (tertiary alicyclic amines) is 1. The smallest absolute Gasteiger partial charge is 0.00218 e. The molecule has 1 unspecified atom stereocenters. The summed E-state index contributed by atoms with van der Waals surface area (Å²) in [5.41, 5.74) is 6.39. The summed E-state index contributed by atoms with van der Waals surface area (Å²) in [4.78, 5) is 2.64. The zero-order chi connectivity index (χ0) is 13.8. The van der Waals surface area contributed by atoms with E-state index in [9.17, 15) is 0 Å². The summed E-state index contributed by atoms with van der Waals surface area (Å²) in [6.45, 7) is 16.4. The Morgan fingerprint density at radius 3 is 2.11 bits per heavy atom. The minimum absolute atomic E-state index is 0.483. The van der Waals surface area contributed by atoms with E-state index in [0.717, 1.165) is 18.4 Å². The molecule has 1 atom stereocenters. The van der Waals surface area contributed by atoms with E-state index in [2.05, 4.69) is 39.5 Å². The second-order valence-corrected chi connectivity index (χ2v) is 7.67. The summed E-state index contributed by atoms with van der Waals surface area (Å²) in [5.74, 6) is 2.36. The van der Waals surface area contributed by atoms with Crippen molar-refractivity contribution in [1.82, 2.24) is 4.90 Å². The third-order valence-electron chi connectivity index (χ3n) is 4.47. The first-order valence-electron chi connectivity index (χ1n) is 7.75. The lowest BCUT2D eigenvalue weighted by Crippen LogP contribution is -2.41. The van der Waals surface area contributed by atoms with Crippen LogP contribution in [0.4, 0.5) is 0 Å². The van der Waals surface area contributed by atoms with Crippen LogP contribution >= 0.6 is 0 Å². The molecule has 2 N–H and O–H groups in total. The molecule has 1 heterocycles. The van der Waals surface area contributed by atoms with Crippen molar-refractivity contribution in [3.63, 3.8) is 0 Å². The summed E-state index contributed by atoms with van der Waals surface area (Å²) in [7, 11) is 0. The van der Waals surface area contributed by atoms with Crippen LogP contribution in [0, 0.1) is 23.2 Å². The van der Waals surface area contributed by atoms with Crippen LogP contribution in [-0.4, -0.2) is 31.1 Å². The molecular formula is C16H34N2. The maximum atomic E-state index is 5.91. The van der Waals surface area contributed by atoms with E-state index in [4.69, 9.17) is 5.73 Å². The molecule has 2 nitrogen and oxygen atoms in total. The predicted molar refractivity (Wildman–Crippen MR) is 80.6 cm³/mol. The van der Waals surface area contributed by atoms with Gasteiger partial charge < -0.3 is 10.6 Å². The Morgan fingerprint density at radius 2 is 1.72 bits per heavy atom. The van der Waals surface area contributed by atoms with Crippen molar-refractivity contribution in [1.29, 1.82) is 0 Å². The number of hydrogen-bond acceptors (Lipinski definition) is 2. The summed E-state index contributed by atoms with van der Waals surface area (Å²) in [5, 5.41) is 0. The third-order valence-corrected chi connectivity index (χ3v) is 4.47. The van der Waals surface area contributed by atoms with Crippen LogP contribution in [0.2, 0.25) is 0 Å². The normalized spacial score (nSPS) is 21.5. The minimum atomic E-state index is 0.483. The van der Waals surface area contributed by atoms with Crippen LogP contribution in [-0.2, 0) is 0 Å². The van der Waals surface area contributed by atoms with Crippen LogP contribution in [0.3, 0.4) is 0 Å². The molecule has 0 saturated carbocycles. The van der Waals surface area contributed by atoms with Crippen molar-refractivity contribution in [2.75, 3.05) is 26.2 Å². The third kappa shape index (κ3) is 5.27. The van der Waals surface area contributed by atoms with Crippen LogP contribution in [0.5, 0.6) is 0 Å². The Labute approximate surface area is 114 Å². The molecule has 1 fully saturated rings. The lowest BCUT2D eigenvalue weighted by Gasteiger charge is -2.40. The zero-order valence-corrected chi connectivity index (χ0v) is 13.2. The van der Waals surface area contributed by atoms with E-state index in [0.29, 0.717) is 11.3 Å². The molecular weight excluding hydrogens is 220 g/mol. The quantitative estimate of drug-likeness (QED) is 0.815. The molecule has 1 aliphatic heterocycles. The molecule has 0 aliphatic carbocycles. The molecule has 0 aromatic rings. The maximum absolute atomic E-state index is 5.91. The Kier molecular flexibility index (Phi) is 6.13. The first kappa shape index (κ1) is 16.0. The van der Waals surface area contributed by atoms with Gasteiger partial charge in [-0.1, -0.05) is 34.6 Å². The number of rotatable bonds is 5. The lowest BCUT2D eigenvalue weighted by atomic mass is 9.75. The van der Waals surface area contributed by atoms with Gasteiger partial charge >= 0.3 is 0 Å². The van der Waals surface area contributed by atoms with E-state index < -0.39 is 0 Å². The first-order valence-corrected chi connectivity index (χ1v) is 7.75. The Hall–Kier alpha value is -0.0800. The van der Waals surface area contributed by atoms with Crippen molar-refractivity contribution in [3.05, 3.63) is 0 Å². The minimum Gasteiger partial charge on any atom is -0.330 e. The highest BCUT2D eigenvalue weighted by atomic mass is 15.1. The van der Waals surface area contributed by atoms with E-state index >= 15 is 0 Å². The van der Waals surface area contributed by atoms with Crippen LogP contribution in [0.25, 0.3) is 0 Å². The standard InChI is InChI=1S/C16H34N2/c1-13(2)10-14(11-17)12-18-8-6-15(7-9-18)16(3,4)5/h13-15H,6-12,17H2,1-5H3. The molecule has 108 valence electrons. The van der Waals surface area contributed by atoms with Gasteiger partial charge in [0, 0.05) is 6.54 Å². The molecule has 0 aromatic carbocycles. The fourth-order valence-corrected chi connectivity index (χ4v) is 3.26. The van der Waals surface area contributed by atoms with Gasteiger partial charge in [0.1, 0.15) is 0 Å². The van der Waals surface area contributed by atoms with E-state index in [-0.39, 0.29) is 0 Å². The summed E-state index contributed by atoms with van der Waals surface area (Å²) in [6, 6.07) is 0. The monoisotopic (exact) mass is 254 g/mol. The van der Waals surface area contributed by atoms with E-state index in [1.807, 2.05) is 0 Å². The second-order valence-electron chi connectivity index (χ2n) is 7.67. The Balaban J connectivity index is 2.34. The molecule has 0 radical (unpaired) electrons. The molecule has 0 spiro atoms. The Bertz CT molecular complexity index is 222. The lowest BCUT2D eigenvalue weighted by molar-refractivity contribution is 0.0987. The zero-order valence-electron chi connectivity index (χ0n) is 13.2. The summed E-state index contributed by atoms with van der Waals surface area (Å²) >= 11 is 0. The van der Waals surface area contributed by atoms with Crippen molar-refractivity contribution in [2.45, 2.75) is 53.9 Å². The summed E-state index contributed by atoms with van der Waals surface area (Å²) in [6.07, 6.45) is 4.00. The molecule has 0 aromatic heterocycles. The molecule has 1 rings (SSSR count). The van der Waals surface area contributed by atoms with Gasteiger partial charge in [-0.2, -0.15) is 0 Å². The molecule has 0 bridgehead atoms. The van der Waals surface area contributed by atoms with Crippen LogP contribution in [0.1, 0.15) is 53.9 Å². The van der Waals surface area contributed by atoms with E-state index in [1.54, 1.807) is 0 Å². The predicted octanol–water partition coefficient (Wildman–Crippen LogP) is 3.37. The Morgan fingerprint density at radius 1 is 1.17 bits per heavy atom. The molecule has 18 heavy (non-hydrogen) atoms. The molecule has 0 amide bonds. The fraction of sp³-hybridized carbons (Fsp3) is 1.00. The number of nitrogens with zero attached hydrogens (tertiary/aromatic N) is 1. The van der Waals surface area contributed by atoms with Gasteiger partial charge in [0.2, 0.25) is 0 Å². The highest BCUT2D eigenvalue weighted by molar-refractivity contribution is 4.81. The average molecular weight is 254 g/mol. The second kappa shape index (κ2) is 6.91. The SMILES string of the molecule is CC(C)CC(CN)CN1CCC(C(C)(C)C)CC1. The fourth-order valence-electron chi connectivity index (χ4n) is 3.26. The van der Waals surface area contributed by atoms with Crippen molar-refractivity contribution in [3.8, 4) is 0 Å². The largest absolute Gasteiger partial charge is 0.330 e. The van der Waals surface area contributed by atoms with E-state index in [1.165, 1.54) is 38.9 Å². The number of piperidine rings is 1. The van der Waals surface area contributed by atoms with Crippen molar-refractivity contribution < 1.29 is 0 Å². The topological polar surface area (TPSA) is 29.3 Å². The summed E-state index contributed by atoms with van der Waals surface area (Å²) < 4.78 is 0.